The van der Waals surface area contributed by atoms with Crippen molar-refractivity contribution >= 4 is 0 Å². The number of rotatable bonds is 5. The third-order valence-corrected chi connectivity index (χ3v) is 2.99. The number of nitriles is 1. The van der Waals surface area contributed by atoms with Crippen molar-refractivity contribution in [1.82, 2.24) is 5.32 Å². The Labute approximate surface area is 117 Å². The van der Waals surface area contributed by atoms with Crippen molar-refractivity contribution in [2.24, 2.45) is 0 Å². The van der Waals surface area contributed by atoms with Crippen molar-refractivity contribution in [3.8, 4) is 11.8 Å². The molecule has 3 nitrogen and oxygen atoms in total. The number of nitrogens with zero attached hydrogens (tertiary/aromatic N) is 1. The Morgan fingerprint density at radius 3 is 2.50 bits per heavy atom. The first-order valence-electron chi connectivity index (χ1n) is 6.25. The second kappa shape index (κ2) is 6.69. The molecule has 0 aliphatic rings. The van der Waals surface area contributed by atoms with Crippen molar-refractivity contribution in [1.29, 1.82) is 5.26 Å². The molecule has 2 aromatic carbocycles. The average Bonchev–Trinajstić information content (AvgIpc) is 2.49. The lowest BCUT2D eigenvalue weighted by molar-refractivity contribution is 0.410. The summed E-state index contributed by atoms with van der Waals surface area (Å²) in [5.74, 6) is 0.232. The lowest BCUT2D eigenvalue weighted by Gasteiger charge is -2.07. The van der Waals surface area contributed by atoms with Crippen molar-refractivity contribution < 1.29 is 9.13 Å². The Balaban J connectivity index is 1.90. The standard InChI is InChI=1S/C16H15FN2O/c1-20-15-7-6-14(16(17)8-15)11-19-10-13-4-2-12(9-18)3-5-13/h2-8,19H,10-11H2,1H3. The summed E-state index contributed by atoms with van der Waals surface area (Å²) in [5.41, 5.74) is 2.28. The molecule has 0 aliphatic heterocycles. The second-order valence-electron chi connectivity index (χ2n) is 4.37. The zero-order chi connectivity index (χ0) is 14.4. The van der Waals surface area contributed by atoms with E-state index in [1.165, 1.54) is 13.2 Å². The van der Waals surface area contributed by atoms with Gasteiger partial charge in [-0.2, -0.15) is 5.26 Å². The summed E-state index contributed by atoms with van der Waals surface area (Å²) in [5, 5.41) is 11.9. The van der Waals surface area contributed by atoms with E-state index in [1.807, 2.05) is 12.1 Å². The lowest BCUT2D eigenvalue weighted by atomic mass is 10.1. The van der Waals surface area contributed by atoms with Gasteiger partial charge in [0.15, 0.2) is 0 Å². The quantitative estimate of drug-likeness (QED) is 0.908. The van der Waals surface area contributed by atoms with Crippen LogP contribution in [0.5, 0.6) is 5.75 Å². The highest BCUT2D eigenvalue weighted by atomic mass is 19.1. The van der Waals surface area contributed by atoms with Crippen LogP contribution >= 0.6 is 0 Å². The Morgan fingerprint density at radius 1 is 1.15 bits per heavy atom. The van der Waals surface area contributed by atoms with E-state index < -0.39 is 0 Å². The van der Waals surface area contributed by atoms with Crippen LogP contribution < -0.4 is 10.1 Å². The van der Waals surface area contributed by atoms with E-state index in [1.54, 1.807) is 24.3 Å². The fourth-order valence-corrected chi connectivity index (χ4v) is 1.84. The molecule has 2 rings (SSSR count). The number of hydrogen-bond acceptors (Lipinski definition) is 3. The van der Waals surface area contributed by atoms with Crippen LogP contribution in [0.15, 0.2) is 42.5 Å². The van der Waals surface area contributed by atoms with Gasteiger partial charge in [0, 0.05) is 24.7 Å². The molecule has 0 aromatic heterocycles. The molecule has 0 amide bonds. The van der Waals surface area contributed by atoms with Crippen LogP contribution in [0, 0.1) is 17.1 Å². The van der Waals surface area contributed by atoms with E-state index in [0.717, 1.165) is 5.56 Å². The van der Waals surface area contributed by atoms with Gasteiger partial charge in [0.05, 0.1) is 18.7 Å². The van der Waals surface area contributed by atoms with Crippen LogP contribution in [0.25, 0.3) is 0 Å². The molecule has 1 N–H and O–H groups in total. The normalized spacial score (nSPS) is 10.1. The highest BCUT2D eigenvalue weighted by molar-refractivity contribution is 5.32. The maximum atomic E-state index is 13.7. The predicted octanol–water partition coefficient (Wildman–Crippen LogP) is 3.00. The highest BCUT2D eigenvalue weighted by Gasteiger charge is 2.03. The van der Waals surface area contributed by atoms with Crippen molar-refractivity contribution in [2.45, 2.75) is 13.1 Å². The van der Waals surface area contributed by atoms with Crippen LogP contribution in [0.3, 0.4) is 0 Å². The molecule has 4 heteroatoms. The van der Waals surface area contributed by atoms with Crippen LogP contribution in [0.2, 0.25) is 0 Å². The smallest absolute Gasteiger partial charge is 0.131 e. The molecule has 102 valence electrons. The molecule has 0 spiro atoms. The summed E-state index contributed by atoms with van der Waals surface area (Å²) in [4.78, 5) is 0. The van der Waals surface area contributed by atoms with Gasteiger partial charge in [0.1, 0.15) is 11.6 Å². The van der Waals surface area contributed by atoms with Gasteiger partial charge in [-0.05, 0) is 23.8 Å². The van der Waals surface area contributed by atoms with Crippen molar-refractivity contribution in [3.63, 3.8) is 0 Å². The first kappa shape index (κ1) is 14.0. The first-order chi connectivity index (χ1) is 9.72. The van der Waals surface area contributed by atoms with E-state index in [0.29, 0.717) is 30.0 Å². The zero-order valence-electron chi connectivity index (χ0n) is 11.2. The molecule has 0 saturated heterocycles. The maximum Gasteiger partial charge on any atom is 0.131 e. The van der Waals surface area contributed by atoms with E-state index >= 15 is 0 Å². The zero-order valence-corrected chi connectivity index (χ0v) is 11.2. The molecule has 0 radical (unpaired) electrons. The Bertz CT molecular complexity index is 617. The van der Waals surface area contributed by atoms with Gasteiger partial charge in [-0.3, -0.25) is 0 Å². The number of methoxy groups -OCH3 is 1. The van der Waals surface area contributed by atoms with E-state index in [4.69, 9.17) is 10.00 Å². The number of hydrogen-bond donors (Lipinski definition) is 1. The topological polar surface area (TPSA) is 45.0 Å². The third-order valence-electron chi connectivity index (χ3n) is 2.99. The lowest BCUT2D eigenvalue weighted by Crippen LogP contribution is -2.13. The van der Waals surface area contributed by atoms with Crippen molar-refractivity contribution in [2.75, 3.05) is 7.11 Å². The molecule has 0 aliphatic carbocycles. The Hall–Kier alpha value is -2.38. The summed E-state index contributed by atoms with van der Waals surface area (Å²) in [6.07, 6.45) is 0. The first-order valence-corrected chi connectivity index (χ1v) is 6.25. The molecule has 20 heavy (non-hydrogen) atoms. The van der Waals surface area contributed by atoms with Crippen LogP contribution in [0.1, 0.15) is 16.7 Å². The van der Waals surface area contributed by atoms with Gasteiger partial charge < -0.3 is 10.1 Å². The molecule has 2 aromatic rings. The minimum Gasteiger partial charge on any atom is -0.497 e. The van der Waals surface area contributed by atoms with Crippen LogP contribution in [-0.4, -0.2) is 7.11 Å². The van der Waals surface area contributed by atoms with Gasteiger partial charge >= 0.3 is 0 Å². The fourth-order valence-electron chi connectivity index (χ4n) is 1.84. The molecule has 0 unspecified atom stereocenters. The molecule has 0 heterocycles. The van der Waals surface area contributed by atoms with Crippen molar-refractivity contribution in [3.05, 3.63) is 65.0 Å². The van der Waals surface area contributed by atoms with Crippen LogP contribution in [-0.2, 0) is 13.1 Å². The van der Waals surface area contributed by atoms with Crippen LogP contribution in [0.4, 0.5) is 4.39 Å². The van der Waals surface area contributed by atoms with E-state index in [9.17, 15) is 4.39 Å². The Morgan fingerprint density at radius 2 is 1.90 bits per heavy atom. The summed E-state index contributed by atoms with van der Waals surface area (Å²) < 4.78 is 18.7. The fraction of sp³-hybridized carbons (Fsp3) is 0.188. The molecular formula is C16H15FN2O. The number of benzene rings is 2. The number of halogens is 1. The van der Waals surface area contributed by atoms with Gasteiger partial charge in [0.2, 0.25) is 0 Å². The summed E-state index contributed by atoms with van der Waals surface area (Å²) in [7, 11) is 1.51. The average molecular weight is 270 g/mol. The van der Waals surface area contributed by atoms with Gasteiger partial charge in [0.25, 0.3) is 0 Å². The van der Waals surface area contributed by atoms with Gasteiger partial charge in [-0.15, -0.1) is 0 Å². The molecular weight excluding hydrogens is 255 g/mol. The molecule has 0 atom stereocenters. The van der Waals surface area contributed by atoms with E-state index in [-0.39, 0.29) is 5.82 Å². The van der Waals surface area contributed by atoms with Gasteiger partial charge in [-0.1, -0.05) is 18.2 Å². The second-order valence-corrected chi connectivity index (χ2v) is 4.37. The monoisotopic (exact) mass is 270 g/mol. The molecule has 0 fully saturated rings. The van der Waals surface area contributed by atoms with E-state index in [2.05, 4.69) is 11.4 Å². The molecule has 0 saturated carbocycles. The summed E-state index contributed by atoms with van der Waals surface area (Å²) in [6.45, 7) is 1.06. The maximum absolute atomic E-state index is 13.7. The largest absolute Gasteiger partial charge is 0.497 e. The molecule has 0 bridgehead atoms. The minimum atomic E-state index is -0.281. The highest BCUT2D eigenvalue weighted by Crippen LogP contribution is 2.16. The summed E-state index contributed by atoms with van der Waals surface area (Å²) >= 11 is 0. The van der Waals surface area contributed by atoms with Gasteiger partial charge in [-0.25, -0.2) is 4.39 Å². The predicted molar refractivity (Wildman–Crippen MR) is 74.7 cm³/mol. The Kier molecular flexibility index (Phi) is 4.70. The number of ether oxygens (including phenoxy) is 1. The SMILES string of the molecule is COc1ccc(CNCc2ccc(C#N)cc2)c(F)c1. The summed E-state index contributed by atoms with van der Waals surface area (Å²) in [6, 6.07) is 14.2. The third kappa shape index (κ3) is 3.56. The number of nitrogens with one attached hydrogen (secondary N) is 1. The minimum absolute atomic E-state index is 0.281.